The summed E-state index contributed by atoms with van der Waals surface area (Å²) in [5.74, 6) is 0.543. The number of carbonyl (C=O) groups is 1. The number of nitriles is 1. The summed E-state index contributed by atoms with van der Waals surface area (Å²) in [6.07, 6.45) is 3.41. The van der Waals surface area contributed by atoms with Crippen LogP contribution in [-0.4, -0.2) is 25.0 Å². The van der Waals surface area contributed by atoms with E-state index in [-0.39, 0.29) is 11.9 Å². The van der Waals surface area contributed by atoms with E-state index in [1.165, 1.54) is 0 Å². The van der Waals surface area contributed by atoms with Crippen LogP contribution >= 0.6 is 0 Å². The van der Waals surface area contributed by atoms with Crippen molar-refractivity contribution in [3.63, 3.8) is 0 Å². The van der Waals surface area contributed by atoms with Crippen molar-refractivity contribution in [3.8, 4) is 6.07 Å². The normalized spacial score (nSPS) is 24.8. The molecule has 0 aliphatic carbocycles. The molecule has 0 aromatic rings. The lowest BCUT2D eigenvalue weighted by Gasteiger charge is -2.15. The van der Waals surface area contributed by atoms with E-state index in [1.54, 1.807) is 0 Å². The van der Waals surface area contributed by atoms with Crippen molar-refractivity contribution in [2.45, 2.75) is 38.6 Å². The minimum atomic E-state index is -0.0130. The molecule has 0 saturated carbocycles. The van der Waals surface area contributed by atoms with Crippen LogP contribution in [0.3, 0.4) is 0 Å². The summed E-state index contributed by atoms with van der Waals surface area (Å²) in [6.45, 7) is 3.72. The molecule has 1 fully saturated rings. The van der Waals surface area contributed by atoms with E-state index in [4.69, 9.17) is 5.26 Å². The van der Waals surface area contributed by atoms with Gasteiger partial charge in [-0.05, 0) is 31.7 Å². The Morgan fingerprint density at radius 2 is 2.40 bits per heavy atom. The summed E-state index contributed by atoms with van der Waals surface area (Å²) in [7, 11) is 0. The molecular formula is C11H19N3O. The molecule has 1 heterocycles. The zero-order chi connectivity index (χ0) is 11.1. The van der Waals surface area contributed by atoms with Crippen molar-refractivity contribution in [1.29, 1.82) is 5.26 Å². The van der Waals surface area contributed by atoms with E-state index in [0.717, 1.165) is 25.8 Å². The van der Waals surface area contributed by atoms with E-state index in [0.29, 0.717) is 18.9 Å². The number of amides is 1. The molecule has 0 spiro atoms. The topological polar surface area (TPSA) is 64.9 Å². The quantitative estimate of drug-likeness (QED) is 0.658. The van der Waals surface area contributed by atoms with Crippen molar-refractivity contribution in [2.24, 2.45) is 5.92 Å². The molecule has 0 aromatic heterocycles. The summed E-state index contributed by atoms with van der Waals surface area (Å²) in [6, 6.07) is 2.08. The van der Waals surface area contributed by atoms with Gasteiger partial charge in [0, 0.05) is 13.0 Å². The van der Waals surface area contributed by atoms with Crippen molar-refractivity contribution in [1.82, 2.24) is 10.6 Å². The third kappa shape index (κ3) is 3.88. The molecule has 4 heteroatoms. The standard InChI is InChI=1S/C11H19N3O/c1-9-5-8-13-10(9)11(15)14-7-4-2-3-6-12/h9-10,13H,2-5,7-8H2,1H3,(H,14,15). The van der Waals surface area contributed by atoms with E-state index in [9.17, 15) is 4.79 Å². The van der Waals surface area contributed by atoms with E-state index in [1.807, 2.05) is 0 Å². The number of rotatable bonds is 5. The summed E-state index contributed by atoms with van der Waals surface area (Å²) in [5, 5.41) is 14.4. The van der Waals surface area contributed by atoms with Crippen molar-refractivity contribution in [3.05, 3.63) is 0 Å². The fourth-order valence-electron chi connectivity index (χ4n) is 1.84. The largest absolute Gasteiger partial charge is 0.355 e. The van der Waals surface area contributed by atoms with Gasteiger partial charge in [-0.2, -0.15) is 5.26 Å². The Kier molecular flexibility index (Phi) is 5.13. The molecule has 2 N–H and O–H groups in total. The molecule has 4 nitrogen and oxygen atoms in total. The van der Waals surface area contributed by atoms with Gasteiger partial charge in [0.05, 0.1) is 12.1 Å². The molecule has 1 rings (SSSR count). The number of hydrogen-bond acceptors (Lipinski definition) is 3. The summed E-state index contributed by atoms with van der Waals surface area (Å²) in [5.41, 5.74) is 0. The molecule has 0 radical (unpaired) electrons. The van der Waals surface area contributed by atoms with Gasteiger partial charge >= 0.3 is 0 Å². The number of nitrogens with zero attached hydrogens (tertiary/aromatic N) is 1. The van der Waals surface area contributed by atoms with Gasteiger partial charge in [-0.3, -0.25) is 4.79 Å². The lowest BCUT2D eigenvalue weighted by atomic mass is 10.0. The molecule has 1 saturated heterocycles. The fraction of sp³-hybridized carbons (Fsp3) is 0.818. The third-order valence-corrected chi connectivity index (χ3v) is 2.83. The van der Waals surface area contributed by atoms with Crippen LogP contribution in [0.25, 0.3) is 0 Å². The average molecular weight is 209 g/mol. The maximum atomic E-state index is 11.6. The molecule has 1 amide bonds. The molecule has 15 heavy (non-hydrogen) atoms. The average Bonchev–Trinajstić information content (AvgIpc) is 2.64. The predicted molar refractivity (Wildman–Crippen MR) is 58.0 cm³/mol. The van der Waals surface area contributed by atoms with Crippen LogP contribution in [0.5, 0.6) is 0 Å². The van der Waals surface area contributed by atoms with Crippen LogP contribution in [0, 0.1) is 17.2 Å². The maximum absolute atomic E-state index is 11.6. The fourth-order valence-corrected chi connectivity index (χ4v) is 1.84. The Balaban J connectivity index is 2.11. The van der Waals surface area contributed by atoms with Gasteiger partial charge in [0.15, 0.2) is 0 Å². The zero-order valence-electron chi connectivity index (χ0n) is 9.25. The summed E-state index contributed by atoms with van der Waals surface area (Å²) < 4.78 is 0. The van der Waals surface area contributed by atoms with Crippen LogP contribution in [0.2, 0.25) is 0 Å². The van der Waals surface area contributed by atoms with Crippen LogP contribution in [0.15, 0.2) is 0 Å². The second-order valence-electron chi connectivity index (χ2n) is 4.10. The lowest BCUT2D eigenvalue weighted by Crippen LogP contribution is -2.43. The Hall–Kier alpha value is -1.08. The Morgan fingerprint density at radius 3 is 3.00 bits per heavy atom. The van der Waals surface area contributed by atoms with Crippen LogP contribution in [0.4, 0.5) is 0 Å². The van der Waals surface area contributed by atoms with Gasteiger partial charge in [-0.15, -0.1) is 0 Å². The summed E-state index contributed by atoms with van der Waals surface area (Å²) in [4.78, 5) is 11.6. The molecule has 0 aromatic carbocycles. The smallest absolute Gasteiger partial charge is 0.237 e. The molecule has 0 bridgehead atoms. The van der Waals surface area contributed by atoms with Crippen molar-refractivity contribution >= 4 is 5.91 Å². The minimum Gasteiger partial charge on any atom is -0.355 e. The van der Waals surface area contributed by atoms with E-state index >= 15 is 0 Å². The maximum Gasteiger partial charge on any atom is 0.237 e. The third-order valence-electron chi connectivity index (χ3n) is 2.83. The molecule has 1 aliphatic rings. The van der Waals surface area contributed by atoms with E-state index in [2.05, 4.69) is 23.6 Å². The molecular weight excluding hydrogens is 190 g/mol. The second kappa shape index (κ2) is 6.41. The van der Waals surface area contributed by atoms with Gasteiger partial charge < -0.3 is 10.6 Å². The number of hydrogen-bond donors (Lipinski definition) is 2. The molecule has 1 aliphatic heterocycles. The highest BCUT2D eigenvalue weighted by atomic mass is 16.2. The number of carbonyl (C=O) groups excluding carboxylic acids is 1. The van der Waals surface area contributed by atoms with Crippen LogP contribution in [-0.2, 0) is 4.79 Å². The van der Waals surface area contributed by atoms with Crippen LogP contribution < -0.4 is 10.6 Å². The lowest BCUT2D eigenvalue weighted by molar-refractivity contribution is -0.123. The Labute approximate surface area is 91.0 Å². The van der Waals surface area contributed by atoms with Crippen molar-refractivity contribution in [2.75, 3.05) is 13.1 Å². The van der Waals surface area contributed by atoms with Gasteiger partial charge in [0.2, 0.25) is 5.91 Å². The second-order valence-corrected chi connectivity index (χ2v) is 4.10. The highest BCUT2D eigenvalue weighted by molar-refractivity contribution is 5.82. The first-order valence-electron chi connectivity index (χ1n) is 5.63. The number of nitrogens with one attached hydrogen (secondary N) is 2. The first-order valence-corrected chi connectivity index (χ1v) is 5.63. The first kappa shape index (κ1) is 12.0. The van der Waals surface area contributed by atoms with Gasteiger partial charge in [-0.25, -0.2) is 0 Å². The van der Waals surface area contributed by atoms with E-state index < -0.39 is 0 Å². The van der Waals surface area contributed by atoms with Crippen molar-refractivity contribution < 1.29 is 4.79 Å². The first-order chi connectivity index (χ1) is 7.25. The highest BCUT2D eigenvalue weighted by Gasteiger charge is 2.28. The minimum absolute atomic E-state index is 0.0130. The molecule has 2 unspecified atom stereocenters. The Morgan fingerprint density at radius 1 is 1.60 bits per heavy atom. The van der Waals surface area contributed by atoms with Gasteiger partial charge in [-0.1, -0.05) is 6.92 Å². The molecule has 2 atom stereocenters. The predicted octanol–water partition coefficient (Wildman–Crippen LogP) is 0.794. The molecule has 84 valence electrons. The monoisotopic (exact) mass is 209 g/mol. The van der Waals surface area contributed by atoms with Crippen LogP contribution in [0.1, 0.15) is 32.6 Å². The SMILES string of the molecule is CC1CCNC1C(=O)NCCCCC#N. The highest BCUT2D eigenvalue weighted by Crippen LogP contribution is 2.14. The number of unbranched alkanes of at least 4 members (excludes halogenated alkanes) is 2. The Bertz CT molecular complexity index is 247. The van der Waals surface area contributed by atoms with Gasteiger partial charge in [0.25, 0.3) is 0 Å². The zero-order valence-corrected chi connectivity index (χ0v) is 9.25. The van der Waals surface area contributed by atoms with Gasteiger partial charge in [0.1, 0.15) is 0 Å². The summed E-state index contributed by atoms with van der Waals surface area (Å²) >= 11 is 0.